The van der Waals surface area contributed by atoms with Crippen molar-refractivity contribution in [3.8, 4) is 0 Å². The van der Waals surface area contributed by atoms with Gasteiger partial charge in [0.2, 0.25) is 0 Å². The molecule has 0 spiro atoms. The van der Waals surface area contributed by atoms with E-state index in [1.165, 1.54) is 37.8 Å². The summed E-state index contributed by atoms with van der Waals surface area (Å²) in [6.45, 7) is 0.722. The van der Waals surface area contributed by atoms with Crippen LogP contribution in [0.4, 0.5) is 5.82 Å². The Balaban J connectivity index is 1.56. The smallest absolute Gasteiger partial charge is 0.153 e. The Morgan fingerprint density at radius 1 is 1.09 bits per heavy atom. The highest BCUT2D eigenvalue weighted by Gasteiger charge is 2.19. The number of hydrogen-bond acceptors (Lipinski definition) is 4. The monoisotopic (exact) mass is 307 g/mol. The Morgan fingerprint density at radius 2 is 2.00 bits per heavy atom. The van der Waals surface area contributed by atoms with Gasteiger partial charge in [0.15, 0.2) is 5.65 Å². The highest BCUT2D eigenvalue weighted by Crippen LogP contribution is 2.32. The van der Waals surface area contributed by atoms with E-state index in [1.54, 1.807) is 6.20 Å². The van der Waals surface area contributed by atoms with Gasteiger partial charge in [0.25, 0.3) is 0 Å². The first-order chi connectivity index (χ1) is 11.4. The van der Waals surface area contributed by atoms with Crippen molar-refractivity contribution in [2.75, 3.05) is 5.32 Å². The Bertz CT molecular complexity index is 774. The first kappa shape index (κ1) is 14.2. The van der Waals surface area contributed by atoms with Crippen LogP contribution in [-0.2, 0) is 6.54 Å². The van der Waals surface area contributed by atoms with Crippen molar-refractivity contribution in [1.29, 1.82) is 0 Å². The van der Waals surface area contributed by atoms with E-state index >= 15 is 0 Å². The molecule has 5 nitrogen and oxygen atoms in total. The van der Waals surface area contributed by atoms with Crippen molar-refractivity contribution >= 4 is 11.5 Å². The van der Waals surface area contributed by atoms with Gasteiger partial charge in [-0.05, 0) is 36.6 Å². The zero-order valence-electron chi connectivity index (χ0n) is 13.2. The van der Waals surface area contributed by atoms with Crippen LogP contribution >= 0.6 is 0 Å². The van der Waals surface area contributed by atoms with Gasteiger partial charge in [-0.2, -0.15) is 0 Å². The molecule has 1 N–H and O–H groups in total. The molecule has 0 atom stereocenters. The molecule has 0 amide bonds. The fourth-order valence-electron chi connectivity index (χ4n) is 3.36. The first-order valence-corrected chi connectivity index (χ1v) is 8.37. The van der Waals surface area contributed by atoms with Crippen LogP contribution in [0.3, 0.4) is 0 Å². The highest BCUT2D eigenvalue weighted by atomic mass is 15.3. The van der Waals surface area contributed by atoms with Gasteiger partial charge < -0.3 is 5.32 Å². The Hall–Kier alpha value is -2.43. The molecule has 0 unspecified atom stereocenters. The van der Waals surface area contributed by atoms with Crippen molar-refractivity contribution in [1.82, 2.24) is 19.6 Å². The molecule has 3 aromatic rings. The SMILES string of the molecule is c1cncc(CNc2ccc3ncc(C4CCCCC4)n3n2)c1. The van der Waals surface area contributed by atoms with Crippen LogP contribution in [0.5, 0.6) is 0 Å². The van der Waals surface area contributed by atoms with E-state index in [0.29, 0.717) is 5.92 Å². The maximum absolute atomic E-state index is 4.75. The number of nitrogens with zero attached hydrogens (tertiary/aromatic N) is 4. The van der Waals surface area contributed by atoms with Gasteiger partial charge in [0, 0.05) is 24.9 Å². The maximum atomic E-state index is 4.75. The third kappa shape index (κ3) is 3.04. The molecular formula is C18H21N5. The summed E-state index contributed by atoms with van der Waals surface area (Å²) < 4.78 is 2.02. The van der Waals surface area contributed by atoms with Crippen LogP contribution in [0.2, 0.25) is 0 Å². The summed E-state index contributed by atoms with van der Waals surface area (Å²) >= 11 is 0. The fraction of sp³-hybridized carbons (Fsp3) is 0.389. The molecule has 3 aromatic heterocycles. The molecule has 0 aliphatic heterocycles. The average molecular weight is 307 g/mol. The number of nitrogens with one attached hydrogen (secondary N) is 1. The molecule has 1 saturated carbocycles. The van der Waals surface area contributed by atoms with E-state index in [-0.39, 0.29) is 0 Å². The molecule has 0 radical (unpaired) electrons. The second-order valence-electron chi connectivity index (χ2n) is 6.22. The second-order valence-corrected chi connectivity index (χ2v) is 6.22. The van der Waals surface area contributed by atoms with E-state index in [2.05, 4.69) is 21.4 Å². The number of fused-ring (bicyclic) bond motifs is 1. The molecule has 23 heavy (non-hydrogen) atoms. The quantitative estimate of drug-likeness (QED) is 0.797. The van der Waals surface area contributed by atoms with Crippen molar-refractivity contribution in [2.24, 2.45) is 0 Å². The summed E-state index contributed by atoms with van der Waals surface area (Å²) in [4.78, 5) is 8.65. The van der Waals surface area contributed by atoms with E-state index in [9.17, 15) is 0 Å². The minimum absolute atomic E-state index is 0.597. The lowest BCUT2D eigenvalue weighted by Gasteiger charge is -2.20. The highest BCUT2D eigenvalue weighted by molar-refractivity contribution is 5.46. The van der Waals surface area contributed by atoms with Crippen molar-refractivity contribution in [2.45, 2.75) is 44.6 Å². The average Bonchev–Trinajstić information content (AvgIpc) is 3.05. The van der Waals surface area contributed by atoms with Crippen LogP contribution < -0.4 is 5.32 Å². The standard InChI is InChI=1S/C18H21N5/c1-2-6-15(7-3-1)16-13-21-18-9-8-17(22-23(16)18)20-12-14-5-4-10-19-11-14/h4-5,8-11,13,15H,1-3,6-7,12H2,(H,20,22). The summed E-state index contributed by atoms with van der Waals surface area (Å²) in [5.74, 6) is 1.47. The molecule has 1 aliphatic rings. The zero-order valence-corrected chi connectivity index (χ0v) is 13.2. The number of imidazole rings is 1. The van der Waals surface area contributed by atoms with Crippen LogP contribution in [0.15, 0.2) is 42.9 Å². The topological polar surface area (TPSA) is 55.1 Å². The van der Waals surface area contributed by atoms with Gasteiger partial charge in [-0.25, -0.2) is 9.50 Å². The van der Waals surface area contributed by atoms with E-state index in [1.807, 2.05) is 35.1 Å². The third-order valence-electron chi connectivity index (χ3n) is 4.61. The van der Waals surface area contributed by atoms with E-state index < -0.39 is 0 Å². The molecule has 4 rings (SSSR count). The van der Waals surface area contributed by atoms with E-state index in [4.69, 9.17) is 5.10 Å². The van der Waals surface area contributed by atoms with Gasteiger partial charge in [0.05, 0.1) is 11.9 Å². The van der Waals surface area contributed by atoms with Gasteiger partial charge in [-0.1, -0.05) is 25.3 Å². The Kier molecular flexibility index (Phi) is 3.92. The Labute approximate surface area is 135 Å². The predicted octanol–water partition coefficient (Wildman–Crippen LogP) is 3.78. The number of hydrogen-bond donors (Lipinski definition) is 1. The lowest BCUT2D eigenvalue weighted by atomic mass is 9.87. The number of rotatable bonds is 4. The maximum Gasteiger partial charge on any atom is 0.153 e. The van der Waals surface area contributed by atoms with Gasteiger partial charge in [0.1, 0.15) is 5.82 Å². The fourth-order valence-corrected chi connectivity index (χ4v) is 3.36. The number of anilines is 1. The molecule has 5 heteroatoms. The lowest BCUT2D eigenvalue weighted by Crippen LogP contribution is -2.10. The third-order valence-corrected chi connectivity index (χ3v) is 4.61. The molecule has 1 aliphatic carbocycles. The van der Waals surface area contributed by atoms with Crippen LogP contribution in [0.25, 0.3) is 5.65 Å². The summed E-state index contributed by atoms with van der Waals surface area (Å²) in [7, 11) is 0. The molecule has 1 fully saturated rings. The van der Waals surface area contributed by atoms with E-state index in [0.717, 1.165) is 23.6 Å². The zero-order chi connectivity index (χ0) is 15.5. The van der Waals surface area contributed by atoms with Crippen LogP contribution in [0, 0.1) is 0 Å². The first-order valence-electron chi connectivity index (χ1n) is 8.37. The lowest BCUT2D eigenvalue weighted by molar-refractivity contribution is 0.432. The normalized spacial score (nSPS) is 15.8. The summed E-state index contributed by atoms with van der Waals surface area (Å²) in [6.07, 6.45) is 12.2. The van der Waals surface area contributed by atoms with Crippen LogP contribution in [-0.4, -0.2) is 19.6 Å². The second kappa shape index (κ2) is 6.36. The van der Waals surface area contributed by atoms with Crippen molar-refractivity contribution in [3.63, 3.8) is 0 Å². The summed E-state index contributed by atoms with van der Waals surface area (Å²) in [5, 5.41) is 8.12. The molecular weight excluding hydrogens is 286 g/mol. The largest absolute Gasteiger partial charge is 0.364 e. The van der Waals surface area contributed by atoms with Crippen molar-refractivity contribution in [3.05, 3.63) is 54.1 Å². The minimum Gasteiger partial charge on any atom is -0.364 e. The molecule has 118 valence electrons. The van der Waals surface area contributed by atoms with Crippen LogP contribution in [0.1, 0.15) is 49.3 Å². The summed E-state index contributed by atoms with van der Waals surface area (Å²) in [5.41, 5.74) is 3.33. The van der Waals surface area contributed by atoms with Gasteiger partial charge >= 0.3 is 0 Å². The number of aromatic nitrogens is 4. The Morgan fingerprint density at radius 3 is 2.83 bits per heavy atom. The summed E-state index contributed by atoms with van der Waals surface area (Å²) in [6, 6.07) is 8.03. The number of pyridine rings is 1. The molecule has 0 aromatic carbocycles. The predicted molar refractivity (Wildman–Crippen MR) is 90.4 cm³/mol. The van der Waals surface area contributed by atoms with Gasteiger partial charge in [-0.3, -0.25) is 4.98 Å². The molecule has 0 saturated heterocycles. The molecule has 3 heterocycles. The molecule has 0 bridgehead atoms. The van der Waals surface area contributed by atoms with Gasteiger partial charge in [-0.15, -0.1) is 5.10 Å². The minimum atomic E-state index is 0.597. The van der Waals surface area contributed by atoms with Crippen molar-refractivity contribution < 1.29 is 0 Å².